The van der Waals surface area contributed by atoms with Crippen molar-refractivity contribution in [1.29, 1.82) is 0 Å². The molecule has 9 heteroatoms. The first kappa shape index (κ1) is 21.5. The van der Waals surface area contributed by atoms with Crippen molar-refractivity contribution in [2.75, 3.05) is 33.3 Å². The quantitative estimate of drug-likeness (QED) is 0.741. The first-order valence-corrected chi connectivity index (χ1v) is 9.36. The monoisotopic (exact) mass is 422 g/mol. The van der Waals surface area contributed by atoms with Crippen LogP contribution in [0.25, 0.3) is 0 Å². The number of alkyl halides is 2. The number of rotatable bonds is 5. The van der Waals surface area contributed by atoms with Crippen molar-refractivity contribution in [3.8, 4) is 11.5 Å². The molecule has 0 spiro atoms. The summed E-state index contributed by atoms with van der Waals surface area (Å²) in [5.41, 5.74) is 0.154. The van der Waals surface area contributed by atoms with Crippen LogP contribution in [0, 0.1) is 5.82 Å². The van der Waals surface area contributed by atoms with Crippen LogP contribution in [0.4, 0.5) is 13.2 Å². The molecule has 0 saturated carbocycles. The standard InChI is InChI=1S/C21H21F3N2O4/c1-29-17-8-7-14(13-18(17)30-21(23)24)19(27)25-9-4-10-26(12-11-25)20(28)15-5-2-3-6-16(15)22/h2-3,5-8,13,21H,4,9-12H2,1H3. The molecule has 2 amide bonds. The third kappa shape index (κ3) is 4.84. The summed E-state index contributed by atoms with van der Waals surface area (Å²) in [5.74, 6) is -1.55. The minimum Gasteiger partial charge on any atom is -0.493 e. The van der Waals surface area contributed by atoms with E-state index >= 15 is 0 Å². The number of carbonyl (C=O) groups excluding carboxylic acids is 2. The summed E-state index contributed by atoms with van der Waals surface area (Å²) in [7, 11) is 1.31. The van der Waals surface area contributed by atoms with E-state index in [2.05, 4.69) is 4.74 Å². The number of benzene rings is 2. The zero-order valence-corrected chi connectivity index (χ0v) is 16.3. The van der Waals surface area contributed by atoms with E-state index in [-0.39, 0.29) is 41.6 Å². The van der Waals surface area contributed by atoms with Crippen molar-refractivity contribution in [2.24, 2.45) is 0 Å². The molecule has 0 aliphatic carbocycles. The van der Waals surface area contributed by atoms with Gasteiger partial charge >= 0.3 is 6.61 Å². The number of ether oxygens (including phenoxy) is 2. The van der Waals surface area contributed by atoms with Gasteiger partial charge in [-0.05, 0) is 36.8 Å². The third-order valence-corrected chi connectivity index (χ3v) is 4.80. The summed E-state index contributed by atoms with van der Waals surface area (Å²) in [6.45, 7) is -1.85. The van der Waals surface area contributed by atoms with Gasteiger partial charge in [0.2, 0.25) is 0 Å². The Bertz CT molecular complexity index is 923. The van der Waals surface area contributed by atoms with Crippen LogP contribution in [-0.4, -0.2) is 61.5 Å². The van der Waals surface area contributed by atoms with E-state index in [9.17, 15) is 22.8 Å². The SMILES string of the molecule is COc1ccc(C(=O)N2CCCN(C(=O)c3ccccc3F)CC2)cc1OC(F)F. The van der Waals surface area contributed by atoms with Gasteiger partial charge in [-0.3, -0.25) is 9.59 Å². The van der Waals surface area contributed by atoms with Gasteiger partial charge in [-0.25, -0.2) is 4.39 Å². The molecule has 2 aromatic carbocycles. The lowest BCUT2D eigenvalue weighted by atomic mass is 10.1. The Labute approximate surface area is 171 Å². The lowest BCUT2D eigenvalue weighted by molar-refractivity contribution is -0.0512. The maximum atomic E-state index is 13.9. The lowest BCUT2D eigenvalue weighted by Crippen LogP contribution is -2.37. The van der Waals surface area contributed by atoms with Crippen LogP contribution in [0.5, 0.6) is 11.5 Å². The molecule has 1 saturated heterocycles. The summed E-state index contributed by atoms with van der Waals surface area (Å²) in [6.07, 6.45) is 0.502. The molecule has 1 fully saturated rings. The van der Waals surface area contributed by atoms with Crippen LogP contribution in [0.2, 0.25) is 0 Å². The maximum absolute atomic E-state index is 13.9. The number of nitrogens with zero attached hydrogens (tertiary/aromatic N) is 2. The number of methoxy groups -OCH3 is 1. The average Bonchev–Trinajstić information content (AvgIpc) is 2.99. The number of amides is 2. The summed E-state index contributed by atoms with van der Waals surface area (Å²) in [6, 6.07) is 9.81. The maximum Gasteiger partial charge on any atom is 0.387 e. The third-order valence-electron chi connectivity index (χ3n) is 4.80. The van der Waals surface area contributed by atoms with Gasteiger partial charge in [0.25, 0.3) is 11.8 Å². The van der Waals surface area contributed by atoms with Gasteiger partial charge in [-0.2, -0.15) is 8.78 Å². The second-order valence-electron chi connectivity index (χ2n) is 6.66. The van der Waals surface area contributed by atoms with Crippen LogP contribution in [0.1, 0.15) is 27.1 Å². The number of halogens is 3. The average molecular weight is 422 g/mol. The molecule has 0 atom stereocenters. The summed E-state index contributed by atoms with van der Waals surface area (Å²) in [4.78, 5) is 28.5. The lowest BCUT2D eigenvalue weighted by Gasteiger charge is -2.23. The molecule has 30 heavy (non-hydrogen) atoms. The van der Waals surface area contributed by atoms with Gasteiger partial charge < -0.3 is 19.3 Å². The summed E-state index contributed by atoms with van der Waals surface area (Å²) < 4.78 is 48.6. The van der Waals surface area contributed by atoms with Crippen LogP contribution < -0.4 is 9.47 Å². The normalized spacial score (nSPS) is 14.4. The summed E-state index contributed by atoms with van der Waals surface area (Å²) >= 11 is 0. The molecule has 0 N–H and O–H groups in total. The van der Waals surface area contributed by atoms with Crippen molar-refractivity contribution in [1.82, 2.24) is 9.80 Å². The van der Waals surface area contributed by atoms with Gasteiger partial charge in [0.1, 0.15) is 5.82 Å². The zero-order valence-electron chi connectivity index (χ0n) is 16.3. The first-order valence-electron chi connectivity index (χ1n) is 9.36. The fourth-order valence-electron chi connectivity index (χ4n) is 3.31. The molecule has 0 unspecified atom stereocenters. The minimum atomic E-state index is -3.06. The van der Waals surface area contributed by atoms with E-state index in [0.717, 1.165) is 0 Å². The van der Waals surface area contributed by atoms with E-state index in [1.807, 2.05) is 0 Å². The molecular weight excluding hydrogens is 401 g/mol. The van der Waals surface area contributed by atoms with E-state index in [1.165, 1.54) is 53.3 Å². The topological polar surface area (TPSA) is 59.1 Å². The molecule has 1 aliphatic rings. The highest BCUT2D eigenvalue weighted by molar-refractivity contribution is 5.96. The Morgan fingerprint density at radius 2 is 1.60 bits per heavy atom. The molecule has 0 radical (unpaired) electrons. The fourth-order valence-corrected chi connectivity index (χ4v) is 3.31. The van der Waals surface area contributed by atoms with Crippen molar-refractivity contribution in [2.45, 2.75) is 13.0 Å². The molecule has 0 bridgehead atoms. The van der Waals surface area contributed by atoms with Crippen molar-refractivity contribution in [3.05, 3.63) is 59.4 Å². The van der Waals surface area contributed by atoms with Gasteiger partial charge in [0.05, 0.1) is 12.7 Å². The molecular formula is C21H21F3N2O4. The van der Waals surface area contributed by atoms with Gasteiger partial charge in [0.15, 0.2) is 11.5 Å². The Kier molecular flexibility index (Phi) is 6.81. The minimum absolute atomic E-state index is 0.0128. The van der Waals surface area contributed by atoms with Crippen LogP contribution >= 0.6 is 0 Å². The van der Waals surface area contributed by atoms with Crippen molar-refractivity contribution < 1.29 is 32.2 Å². The number of hydrogen-bond donors (Lipinski definition) is 0. The van der Waals surface area contributed by atoms with Gasteiger partial charge in [-0.15, -0.1) is 0 Å². The van der Waals surface area contributed by atoms with Crippen LogP contribution in [0.15, 0.2) is 42.5 Å². The molecule has 3 rings (SSSR count). The fraction of sp³-hybridized carbons (Fsp3) is 0.333. The smallest absolute Gasteiger partial charge is 0.387 e. The van der Waals surface area contributed by atoms with E-state index < -0.39 is 18.3 Å². The Morgan fingerprint density at radius 3 is 2.23 bits per heavy atom. The first-order chi connectivity index (χ1) is 14.4. The predicted molar refractivity (Wildman–Crippen MR) is 102 cm³/mol. The number of hydrogen-bond acceptors (Lipinski definition) is 4. The van der Waals surface area contributed by atoms with Crippen molar-refractivity contribution in [3.63, 3.8) is 0 Å². The van der Waals surface area contributed by atoms with Gasteiger partial charge in [-0.1, -0.05) is 12.1 Å². The molecule has 1 heterocycles. The number of carbonyl (C=O) groups is 2. The largest absolute Gasteiger partial charge is 0.493 e. The highest BCUT2D eigenvalue weighted by atomic mass is 19.3. The van der Waals surface area contributed by atoms with Crippen LogP contribution in [-0.2, 0) is 0 Å². The van der Waals surface area contributed by atoms with E-state index in [0.29, 0.717) is 19.5 Å². The second-order valence-corrected chi connectivity index (χ2v) is 6.66. The molecule has 1 aliphatic heterocycles. The van der Waals surface area contributed by atoms with Gasteiger partial charge in [0, 0.05) is 31.7 Å². The van der Waals surface area contributed by atoms with E-state index in [1.54, 1.807) is 6.07 Å². The Hall–Kier alpha value is -3.23. The summed E-state index contributed by atoms with van der Waals surface area (Å²) in [5, 5.41) is 0. The predicted octanol–water partition coefficient (Wildman–Crippen LogP) is 3.42. The molecule has 6 nitrogen and oxygen atoms in total. The Morgan fingerprint density at radius 1 is 0.933 bits per heavy atom. The van der Waals surface area contributed by atoms with Crippen molar-refractivity contribution >= 4 is 11.8 Å². The second kappa shape index (κ2) is 9.51. The Balaban J connectivity index is 1.71. The molecule has 160 valence electrons. The molecule has 2 aromatic rings. The van der Waals surface area contributed by atoms with E-state index in [4.69, 9.17) is 4.74 Å². The van der Waals surface area contributed by atoms with Crippen LogP contribution in [0.3, 0.4) is 0 Å². The molecule has 0 aromatic heterocycles. The highest BCUT2D eigenvalue weighted by Gasteiger charge is 2.25. The zero-order chi connectivity index (χ0) is 21.7. The highest BCUT2D eigenvalue weighted by Crippen LogP contribution is 2.30.